The van der Waals surface area contributed by atoms with E-state index in [1.54, 1.807) is 10.9 Å². The minimum atomic E-state index is 0.00358. The smallest absolute Gasteiger partial charge is 0.225 e. The van der Waals surface area contributed by atoms with E-state index in [-0.39, 0.29) is 11.9 Å². The molecule has 2 aromatic heterocycles. The van der Waals surface area contributed by atoms with Crippen LogP contribution >= 0.6 is 0 Å². The Morgan fingerprint density at radius 1 is 1.43 bits per heavy atom. The molecule has 6 nitrogen and oxygen atoms in total. The average molecular weight is 288 g/mol. The number of rotatable bonds is 4. The average Bonchev–Trinajstić information content (AvgIpc) is 3.16. The number of aryl methyl sites for hydroxylation is 2. The van der Waals surface area contributed by atoms with Crippen molar-refractivity contribution in [3.05, 3.63) is 42.5 Å². The third kappa shape index (κ3) is 3.00. The molecule has 2 aromatic rings. The molecular weight excluding hydrogens is 268 g/mol. The molecule has 1 amide bonds. The maximum absolute atomic E-state index is 12.5. The number of ether oxygens (including phenoxy) is 1. The summed E-state index contributed by atoms with van der Waals surface area (Å²) in [6.07, 6.45) is 6.06. The maximum atomic E-state index is 12.5. The number of carbonyl (C=O) groups is 1. The monoisotopic (exact) mass is 288 g/mol. The maximum Gasteiger partial charge on any atom is 0.225 e. The van der Waals surface area contributed by atoms with Crippen molar-refractivity contribution in [2.24, 2.45) is 7.05 Å². The van der Waals surface area contributed by atoms with Crippen LogP contribution in [0.4, 0.5) is 0 Å². The summed E-state index contributed by atoms with van der Waals surface area (Å²) in [5, 5.41) is 4.13. The Bertz CT molecular complexity index is 591. The van der Waals surface area contributed by atoms with Crippen LogP contribution in [-0.2, 0) is 23.1 Å². The Morgan fingerprint density at radius 3 is 3.05 bits per heavy atom. The van der Waals surface area contributed by atoms with Crippen molar-refractivity contribution in [2.45, 2.75) is 19.0 Å². The highest BCUT2D eigenvalue weighted by atomic mass is 16.5. The van der Waals surface area contributed by atoms with Gasteiger partial charge in [0.05, 0.1) is 19.3 Å². The number of morpholine rings is 1. The topological polar surface area (TPSA) is 52.3 Å². The van der Waals surface area contributed by atoms with Crippen LogP contribution in [0.15, 0.2) is 36.8 Å². The molecule has 0 radical (unpaired) electrons. The molecule has 1 aliphatic rings. The van der Waals surface area contributed by atoms with E-state index in [0.29, 0.717) is 32.7 Å². The molecular formula is C15H20N4O2. The number of nitrogens with zero attached hydrogens (tertiary/aromatic N) is 4. The van der Waals surface area contributed by atoms with E-state index in [4.69, 9.17) is 4.74 Å². The molecule has 1 atom stereocenters. The first-order valence-corrected chi connectivity index (χ1v) is 7.21. The first kappa shape index (κ1) is 13.9. The van der Waals surface area contributed by atoms with Gasteiger partial charge in [0.25, 0.3) is 0 Å². The van der Waals surface area contributed by atoms with Crippen molar-refractivity contribution >= 4 is 5.91 Å². The van der Waals surface area contributed by atoms with Gasteiger partial charge in [-0.2, -0.15) is 5.10 Å². The molecule has 3 rings (SSSR count). The molecule has 1 aliphatic heterocycles. The zero-order valence-corrected chi connectivity index (χ0v) is 12.2. The van der Waals surface area contributed by atoms with Gasteiger partial charge in [-0.25, -0.2) is 0 Å². The third-order valence-corrected chi connectivity index (χ3v) is 3.89. The van der Waals surface area contributed by atoms with Gasteiger partial charge in [-0.15, -0.1) is 0 Å². The standard InChI is InChI=1S/C15H20N4O2/c1-17-7-2-4-13(17)14-12-21-11-10-19(14)15(20)5-9-18-8-3-6-16-18/h2-4,6-8,14H,5,9-12H2,1H3/t14-/m0/s1. The first-order valence-electron chi connectivity index (χ1n) is 7.21. The molecule has 3 heterocycles. The van der Waals surface area contributed by atoms with Gasteiger partial charge in [-0.05, 0) is 18.2 Å². The molecule has 1 fully saturated rings. The summed E-state index contributed by atoms with van der Waals surface area (Å²) >= 11 is 0. The van der Waals surface area contributed by atoms with Crippen LogP contribution in [0, 0.1) is 0 Å². The van der Waals surface area contributed by atoms with Gasteiger partial charge >= 0.3 is 0 Å². The molecule has 112 valence electrons. The fourth-order valence-electron chi connectivity index (χ4n) is 2.75. The highest BCUT2D eigenvalue weighted by Crippen LogP contribution is 2.25. The summed E-state index contributed by atoms with van der Waals surface area (Å²) in [6, 6.07) is 5.92. The second-order valence-electron chi connectivity index (χ2n) is 5.24. The summed E-state index contributed by atoms with van der Waals surface area (Å²) in [6.45, 7) is 2.43. The summed E-state index contributed by atoms with van der Waals surface area (Å²) in [4.78, 5) is 14.5. The van der Waals surface area contributed by atoms with E-state index < -0.39 is 0 Å². The zero-order valence-electron chi connectivity index (χ0n) is 12.2. The van der Waals surface area contributed by atoms with E-state index in [1.165, 1.54) is 0 Å². The number of amides is 1. The van der Waals surface area contributed by atoms with Crippen LogP contribution in [0.3, 0.4) is 0 Å². The lowest BCUT2D eigenvalue weighted by molar-refractivity contribution is -0.140. The molecule has 0 spiro atoms. The van der Waals surface area contributed by atoms with Crippen LogP contribution in [0.2, 0.25) is 0 Å². The number of carbonyl (C=O) groups excluding carboxylic acids is 1. The molecule has 6 heteroatoms. The largest absolute Gasteiger partial charge is 0.377 e. The molecule has 0 bridgehead atoms. The summed E-state index contributed by atoms with van der Waals surface area (Å²) in [7, 11) is 2.00. The van der Waals surface area contributed by atoms with E-state index in [2.05, 4.69) is 5.10 Å². The van der Waals surface area contributed by atoms with Crippen LogP contribution < -0.4 is 0 Å². The van der Waals surface area contributed by atoms with Crippen molar-refractivity contribution < 1.29 is 9.53 Å². The summed E-state index contributed by atoms with van der Waals surface area (Å²) in [5.74, 6) is 0.153. The molecule has 0 N–H and O–H groups in total. The first-order chi connectivity index (χ1) is 10.3. The molecule has 21 heavy (non-hydrogen) atoms. The second kappa shape index (κ2) is 6.13. The van der Waals surface area contributed by atoms with Crippen molar-refractivity contribution in [3.63, 3.8) is 0 Å². The van der Waals surface area contributed by atoms with Gasteiger partial charge in [0.1, 0.15) is 0 Å². The normalized spacial score (nSPS) is 18.9. The second-order valence-corrected chi connectivity index (χ2v) is 5.24. The van der Waals surface area contributed by atoms with Gasteiger partial charge in [0.2, 0.25) is 5.91 Å². The van der Waals surface area contributed by atoms with Crippen molar-refractivity contribution in [3.8, 4) is 0 Å². The van der Waals surface area contributed by atoms with Crippen molar-refractivity contribution in [1.82, 2.24) is 19.2 Å². The van der Waals surface area contributed by atoms with E-state index in [0.717, 1.165) is 5.69 Å². The molecule has 0 aromatic carbocycles. The number of hydrogen-bond acceptors (Lipinski definition) is 3. The lowest BCUT2D eigenvalue weighted by Crippen LogP contribution is -2.44. The predicted octanol–water partition coefficient (Wildman–Crippen LogP) is 1.21. The number of hydrogen-bond donors (Lipinski definition) is 0. The number of aromatic nitrogens is 3. The summed E-state index contributed by atoms with van der Waals surface area (Å²) in [5.41, 5.74) is 1.11. The Hall–Kier alpha value is -2.08. The van der Waals surface area contributed by atoms with Crippen molar-refractivity contribution in [1.29, 1.82) is 0 Å². The van der Waals surface area contributed by atoms with Gasteiger partial charge in [-0.3, -0.25) is 9.48 Å². The van der Waals surface area contributed by atoms with Crippen LogP contribution in [0.1, 0.15) is 18.2 Å². The van der Waals surface area contributed by atoms with Gasteiger partial charge in [0.15, 0.2) is 0 Å². The van der Waals surface area contributed by atoms with Gasteiger partial charge in [-0.1, -0.05) is 0 Å². The zero-order chi connectivity index (χ0) is 14.7. The van der Waals surface area contributed by atoms with Crippen LogP contribution in [0.5, 0.6) is 0 Å². The van der Waals surface area contributed by atoms with E-state index >= 15 is 0 Å². The fraction of sp³-hybridized carbons (Fsp3) is 0.467. The minimum absolute atomic E-state index is 0.00358. The van der Waals surface area contributed by atoms with E-state index in [1.807, 2.05) is 47.1 Å². The van der Waals surface area contributed by atoms with Crippen LogP contribution in [-0.4, -0.2) is 44.9 Å². The highest BCUT2D eigenvalue weighted by Gasteiger charge is 2.29. The fourth-order valence-corrected chi connectivity index (χ4v) is 2.75. The summed E-state index contributed by atoms with van der Waals surface area (Å²) < 4.78 is 9.40. The quantitative estimate of drug-likeness (QED) is 0.850. The van der Waals surface area contributed by atoms with E-state index in [9.17, 15) is 4.79 Å². The molecule has 1 saturated heterocycles. The third-order valence-electron chi connectivity index (χ3n) is 3.89. The van der Waals surface area contributed by atoms with Crippen molar-refractivity contribution in [2.75, 3.05) is 19.8 Å². The van der Waals surface area contributed by atoms with Crippen LogP contribution in [0.25, 0.3) is 0 Å². The highest BCUT2D eigenvalue weighted by molar-refractivity contribution is 5.76. The molecule has 0 aliphatic carbocycles. The Labute approximate surface area is 123 Å². The Kier molecular flexibility index (Phi) is 4.06. The SMILES string of the molecule is Cn1cccc1[C@@H]1COCCN1C(=O)CCn1cccn1. The van der Waals surface area contributed by atoms with Gasteiger partial charge in [0, 0.05) is 50.8 Å². The lowest BCUT2D eigenvalue weighted by atomic mass is 10.1. The molecule has 0 unspecified atom stereocenters. The predicted molar refractivity (Wildman–Crippen MR) is 77.5 cm³/mol. The Morgan fingerprint density at radius 2 is 2.33 bits per heavy atom. The lowest BCUT2D eigenvalue weighted by Gasteiger charge is -2.36. The Balaban J connectivity index is 1.69. The van der Waals surface area contributed by atoms with Gasteiger partial charge < -0.3 is 14.2 Å². The molecule has 0 saturated carbocycles. The minimum Gasteiger partial charge on any atom is -0.377 e.